The van der Waals surface area contributed by atoms with Gasteiger partial charge in [0.25, 0.3) is 0 Å². The van der Waals surface area contributed by atoms with Gasteiger partial charge in [-0.15, -0.1) is 0 Å². The number of hydrogen-bond acceptors (Lipinski definition) is 3. The predicted molar refractivity (Wildman–Crippen MR) is 93.0 cm³/mol. The first-order valence-electron chi connectivity index (χ1n) is 8.68. The molecular formula is C18H27N3O2. The Bertz CT molecular complexity index is 681. The van der Waals surface area contributed by atoms with Gasteiger partial charge in [-0.2, -0.15) is 0 Å². The van der Waals surface area contributed by atoms with Gasteiger partial charge < -0.3 is 14.6 Å². The lowest BCUT2D eigenvalue weighted by atomic mass is 10.0. The van der Waals surface area contributed by atoms with E-state index in [9.17, 15) is 4.79 Å². The maximum atomic E-state index is 12.3. The van der Waals surface area contributed by atoms with E-state index in [1.54, 1.807) is 0 Å². The number of aromatic nitrogens is 2. The number of para-hydroxylation sites is 2. The van der Waals surface area contributed by atoms with E-state index < -0.39 is 0 Å². The Morgan fingerprint density at radius 2 is 2.00 bits per heavy atom. The summed E-state index contributed by atoms with van der Waals surface area (Å²) in [5, 5.41) is 0. The van der Waals surface area contributed by atoms with Crippen molar-refractivity contribution < 1.29 is 4.74 Å². The van der Waals surface area contributed by atoms with Crippen LogP contribution in [0.15, 0.2) is 29.1 Å². The number of rotatable bonds is 6. The van der Waals surface area contributed by atoms with E-state index in [1.165, 1.54) is 0 Å². The van der Waals surface area contributed by atoms with Gasteiger partial charge >= 0.3 is 5.69 Å². The maximum absolute atomic E-state index is 12.3. The minimum absolute atomic E-state index is 0.0231. The van der Waals surface area contributed by atoms with E-state index in [0.717, 1.165) is 56.5 Å². The molecule has 0 amide bonds. The van der Waals surface area contributed by atoms with Crippen molar-refractivity contribution in [2.24, 2.45) is 0 Å². The van der Waals surface area contributed by atoms with Crippen molar-refractivity contribution >= 4 is 11.0 Å². The van der Waals surface area contributed by atoms with Crippen molar-refractivity contribution in [3.63, 3.8) is 0 Å². The highest BCUT2D eigenvalue weighted by Gasteiger charge is 2.23. The van der Waals surface area contributed by atoms with Crippen LogP contribution in [-0.4, -0.2) is 46.8 Å². The zero-order chi connectivity index (χ0) is 16.2. The number of likely N-dealkylation sites (tertiary alicyclic amines) is 1. The summed E-state index contributed by atoms with van der Waals surface area (Å²) >= 11 is 0. The predicted octanol–water partition coefficient (Wildman–Crippen LogP) is 2.78. The highest BCUT2D eigenvalue weighted by Crippen LogP contribution is 2.24. The van der Waals surface area contributed by atoms with Gasteiger partial charge in [0, 0.05) is 32.3 Å². The molecule has 1 fully saturated rings. The lowest BCUT2D eigenvalue weighted by Crippen LogP contribution is -2.37. The Labute approximate surface area is 137 Å². The fourth-order valence-electron chi connectivity index (χ4n) is 3.45. The number of benzene rings is 1. The number of fused-ring (bicyclic) bond motifs is 1. The van der Waals surface area contributed by atoms with E-state index >= 15 is 0 Å². The third kappa shape index (κ3) is 3.85. The monoisotopic (exact) mass is 317 g/mol. The van der Waals surface area contributed by atoms with E-state index in [-0.39, 0.29) is 5.69 Å². The second kappa shape index (κ2) is 7.32. The molecule has 0 aliphatic carbocycles. The normalized spacial score (nSPS) is 17.3. The van der Waals surface area contributed by atoms with Crippen molar-refractivity contribution in [1.82, 2.24) is 14.5 Å². The highest BCUT2D eigenvalue weighted by molar-refractivity contribution is 5.75. The largest absolute Gasteiger partial charge is 0.379 e. The quantitative estimate of drug-likeness (QED) is 0.834. The molecule has 0 unspecified atom stereocenters. The van der Waals surface area contributed by atoms with Crippen molar-refractivity contribution in [3.05, 3.63) is 34.7 Å². The highest BCUT2D eigenvalue weighted by atomic mass is 16.5. The molecule has 5 nitrogen and oxygen atoms in total. The average Bonchev–Trinajstić information content (AvgIpc) is 2.88. The number of imidazole rings is 1. The molecule has 1 saturated heterocycles. The van der Waals surface area contributed by atoms with Crippen LogP contribution in [0.1, 0.15) is 39.2 Å². The zero-order valence-electron chi connectivity index (χ0n) is 14.1. The first-order valence-corrected chi connectivity index (χ1v) is 8.68. The summed E-state index contributed by atoms with van der Waals surface area (Å²) in [7, 11) is 0. The Hall–Kier alpha value is -1.59. The molecule has 23 heavy (non-hydrogen) atoms. The molecule has 2 aromatic rings. The van der Waals surface area contributed by atoms with Crippen LogP contribution in [0.5, 0.6) is 0 Å². The number of hydrogen-bond donors (Lipinski definition) is 1. The first-order chi connectivity index (χ1) is 11.1. The van der Waals surface area contributed by atoms with E-state index in [4.69, 9.17) is 4.74 Å². The molecule has 1 aromatic carbocycles. The van der Waals surface area contributed by atoms with Crippen LogP contribution in [0.25, 0.3) is 11.0 Å². The van der Waals surface area contributed by atoms with Crippen LogP contribution in [0.2, 0.25) is 0 Å². The Morgan fingerprint density at radius 3 is 2.74 bits per heavy atom. The minimum Gasteiger partial charge on any atom is -0.379 e. The van der Waals surface area contributed by atoms with Gasteiger partial charge in [0.15, 0.2) is 0 Å². The SMILES string of the molecule is CC(C)OCCCN1CCC(n2c(=O)[nH]c3ccccc32)CC1. The van der Waals surface area contributed by atoms with Gasteiger partial charge in [-0.25, -0.2) is 4.79 Å². The molecule has 0 atom stereocenters. The molecule has 2 heterocycles. The summed E-state index contributed by atoms with van der Waals surface area (Å²) < 4.78 is 7.55. The lowest BCUT2D eigenvalue weighted by molar-refractivity contribution is 0.0674. The lowest BCUT2D eigenvalue weighted by Gasteiger charge is -2.32. The summed E-state index contributed by atoms with van der Waals surface area (Å²) in [6, 6.07) is 8.27. The van der Waals surface area contributed by atoms with Crippen LogP contribution < -0.4 is 5.69 Å². The van der Waals surface area contributed by atoms with Gasteiger partial charge in [0.1, 0.15) is 0 Å². The third-order valence-corrected chi connectivity index (χ3v) is 4.62. The van der Waals surface area contributed by atoms with Crippen molar-refractivity contribution in [3.8, 4) is 0 Å². The Kier molecular flexibility index (Phi) is 5.18. The molecule has 0 spiro atoms. The van der Waals surface area contributed by atoms with Crippen molar-refractivity contribution in [1.29, 1.82) is 0 Å². The van der Waals surface area contributed by atoms with Gasteiger partial charge in [0.05, 0.1) is 17.1 Å². The van der Waals surface area contributed by atoms with Crippen LogP contribution >= 0.6 is 0 Å². The molecule has 0 radical (unpaired) electrons. The second-order valence-electron chi connectivity index (χ2n) is 6.66. The molecular weight excluding hydrogens is 290 g/mol. The number of ether oxygens (including phenoxy) is 1. The van der Waals surface area contributed by atoms with Gasteiger partial charge in [-0.05, 0) is 45.2 Å². The summed E-state index contributed by atoms with van der Waals surface area (Å²) in [5.74, 6) is 0. The summed E-state index contributed by atoms with van der Waals surface area (Å²) in [6.07, 6.45) is 3.46. The summed E-state index contributed by atoms with van der Waals surface area (Å²) in [6.45, 7) is 8.17. The first kappa shape index (κ1) is 16.3. The van der Waals surface area contributed by atoms with Gasteiger partial charge in [-0.1, -0.05) is 12.1 Å². The van der Waals surface area contributed by atoms with Crippen LogP contribution in [0.3, 0.4) is 0 Å². The van der Waals surface area contributed by atoms with Crippen molar-refractivity contribution in [2.45, 2.75) is 45.3 Å². The maximum Gasteiger partial charge on any atom is 0.326 e. The zero-order valence-corrected chi connectivity index (χ0v) is 14.1. The second-order valence-corrected chi connectivity index (χ2v) is 6.66. The minimum atomic E-state index is 0.0231. The molecule has 1 aromatic heterocycles. The number of aromatic amines is 1. The molecule has 126 valence electrons. The van der Waals surface area contributed by atoms with Crippen molar-refractivity contribution in [2.75, 3.05) is 26.2 Å². The molecule has 1 aliphatic heterocycles. The average molecular weight is 317 g/mol. The number of nitrogens with zero attached hydrogens (tertiary/aromatic N) is 2. The fraction of sp³-hybridized carbons (Fsp3) is 0.611. The fourth-order valence-corrected chi connectivity index (χ4v) is 3.45. The molecule has 0 saturated carbocycles. The topological polar surface area (TPSA) is 50.3 Å². The van der Waals surface area contributed by atoms with Crippen LogP contribution in [0.4, 0.5) is 0 Å². The Morgan fingerprint density at radius 1 is 1.26 bits per heavy atom. The Balaban J connectivity index is 1.56. The number of piperidine rings is 1. The van der Waals surface area contributed by atoms with E-state index in [0.29, 0.717) is 12.1 Å². The molecule has 3 rings (SSSR count). The van der Waals surface area contributed by atoms with Gasteiger partial charge in [-0.3, -0.25) is 4.57 Å². The number of H-pyrrole nitrogens is 1. The standard InChI is InChI=1S/C18H27N3O2/c1-14(2)23-13-5-10-20-11-8-15(9-12-20)21-17-7-4-3-6-16(17)19-18(21)22/h3-4,6-7,14-15H,5,8-13H2,1-2H3,(H,19,22). The smallest absolute Gasteiger partial charge is 0.326 e. The van der Waals surface area contributed by atoms with Gasteiger partial charge in [0.2, 0.25) is 0 Å². The van der Waals surface area contributed by atoms with Crippen LogP contribution in [0, 0.1) is 0 Å². The van der Waals surface area contributed by atoms with E-state index in [2.05, 4.69) is 23.7 Å². The van der Waals surface area contributed by atoms with Crippen LogP contribution in [-0.2, 0) is 4.74 Å². The molecule has 5 heteroatoms. The molecule has 1 N–H and O–H groups in total. The number of nitrogens with one attached hydrogen (secondary N) is 1. The molecule has 1 aliphatic rings. The third-order valence-electron chi connectivity index (χ3n) is 4.62. The van der Waals surface area contributed by atoms with E-state index in [1.807, 2.05) is 28.8 Å². The summed E-state index contributed by atoms with van der Waals surface area (Å²) in [4.78, 5) is 17.7. The molecule has 0 bridgehead atoms. The summed E-state index contributed by atoms with van der Waals surface area (Å²) in [5.41, 5.74) is 1.99.